The van der Waals surface area contributed by atoms with Crippen molar-refractivity contribution in [3.63, 3.8) is 0 Å². The Morgan fingerprint density at radius 3 is 2.64 bits per heavy atom. The fourth-order valence-corrected chi connectivity index (χ4v) is 3.41. The third-order valence-corrected chi connectivity index (χ3v) is 5.25. The van der Waals surface area contributed by atoms with Gasteiger partial charge < -0.3 is 9.80 Å². The maximum Gasteiger partial charge on any atom is 0.271 e. The van der Waals surface area contributed by atoms with Crippen molar-refractivity contribution in [3.8, 4) is 0 Å². The highest BCUT2D eigenvalue weighted by Gasteiger charge is 2.28. The van der Waals surface area contributed by atoms with Gasteiger partial charge >= 0.3 is 0 Å². The minimum Gasteiger partial charge on any atom is -0.378 e. The standard InChI is InChI=1S/C23H28N4O/c1-16-14-23(2,3)27(6)21-11-10-17(12-20(16)21)15-24-25-22(28)18-8-7-9-19(13-18)26(4)5/h7-15H,1-6H3,(H,25,28)/b24-15-. The molecule has 1 amide bonds. The first-order valence-electron chi connectivity index (χ1n) is 9.37. The number of nitrogens with one attached hydrogen (secondary N) is 1. The quantitative estimate of drug-likeness (QED) is 0.644. The predicted octanol–water partition coefficient (Wildman–Crippen LogP) is 4.15. The second-order valence-corrected chi connectivity index (χ2v) is 7.96. The lowest BCUT2D eigenvalue weighted by atomic mass is 9.89. The minimum atomic E-state index is -0.226. The number of nitrogens with zero attached hydrogens (tertiary/aromatic N) is 3. The van der Waals surface area contributed by atoms with E-state index in [1.807, 2.05) is 43.3 Å². The van der Waals surface area contributed by atoms with Crippen LogP contribution in [0.4, 0.5) is 11.4 Å². The summed E-state index contributed by atoms with van der Waals surface area (Å²) < 4.78 is 0. The Hall–Kier alpha value is -3.08. The Morgan fingerprint density at radius 1 is 1.18 bits per heavy atom. The number of benzene rings is 2. The van der Waals surface area contributed by atoms with Gasteiger partial charge in [0.2, 0.25) is 0 Å². The van der Waals surface area contributed by atoms with Crippen molar-refractivity contribution >= 4 is 29.1 Å². The van der Waals surface area contributed by atoms with Gasteiger partial charge in [0.05, 0.1) is 11.8 Å². The molecule has 2 aromatic rings. The summed E-state index contributed by atoms with van der Waals surface area (Å²) in [6, 6.07) is 13.7. The summed E-state index contributed by atoms with van der Waals surface area (Å²) in [7, 11) is 6.00. The summed E-state index contributed by atoms with van der Waals surface area (Å²) in [5.41, 5.74) is 8.74. The summed E-state index contributed by atoms with van der Waals surface area (Å²) in [5.74, 6) is -0.226. The molecule has 0 saturated carbocycles. The molecule has 5 nitrogen and oxygen atoms in total. The highest BCUT2D eigenvalue weighted by Crippen LogP contribution is 2.37. The van der Waals surface area contributed by atoms with Crippen LogP contribution < -0.4 is 15.2 Å². The van der Waals surface area contributed by atoms with E-state index >= 15 is 0 Å². The van der Waals surface area contributed by atoms with E-state index in [1.54, 1.807) is 12.3 Å². The number of hydrogen-bond acceptors (Lipinski definition) is 4. The zero-order valence-corrected chi connectivity index (χ0v) is 17.4. The number of anilines is 2. The summed E-state index contributed by atoms with van der Waals surface area (Å²) >= 11 is 0. The van der Waals surface area contributed by atoms with E-state index in [-0.39, 0.29) is 11.4 Å². The number of hydrazone groups is 1. The second kappa shape index (κ2) is 7.50. The lowest BCUT2D eigenvalue weighted by Crippen LogP contribution is -2.42. The van der Waals surface area contributed by atoms with Crippen LogP contribution in [0.2, 0.25) is 0 Å². The Kier molecular flexibility index (Phi) is 5.27. The van der Waals surface area contributed by atoms with Crippen molar-refractivity contribution in [2.75, 3.05) is 30.9 Å². The zero-order chi connectivity index (χ0) is 20.5. The first-order valence-corrected chi connectivity index (χ1v) is 9.37. The molecule has 0 saturated heterocycles. The topological polar surface area (TPSA) is 47.9 Å². The first-order chi connectivity index (χ1) is 13.2. The van der Waals surface area contributed by atoms with Crippen molar-refractivity contribution < 1.29 is 4.79 Å². The lowest BCUT2D eigenvalue weighted by molar-refractivity contribution is 0.0955. The molecule has 0 atom stereocenters. The van der Waals surface area contributed by atoms with Gasteiger partial charge in [-0.25, -0.2) is 5.43 Å². The molecule has 0 unspecified atom stereocenters. The number of likely N-dealkylation sites (N-methyl/N-ethyl adjacent to an activating group) is 1. The van der Waals surface area contributed by atoms with E-state index in [9.17, 15) is 4.79 Å². The van der Waals surface area contributed by atoms with Gasteiger partial charge in [0.15, 0.2) is 0 Å². The van der Waals surface area contributed by atoms with E-state index in [0.717, 1.165) is 11.3 Å². The molecule has 0 aromatic heterocycles. The molecule has 0 radical (unpaired) electrons. The molecule has 3 rings (SSSR count). The van der Waals surface area contributed by atoms with Crippen molar-refractivity contribution in [2.45, 2.75) is 26.3 Å². The first kappa shape index (κ1) is 19.7. The number of allylic oxidation sites excluding steroid dienone is 1. The number of carbonyl (C=O) groups excluding carboxylic acids is 1. The third-order valence-electron chi connectivity index (χ3n) is 5.25. The molecule has 1 aliphatic heterocycles. The van der Waals surface area contributed by atoms with Gasteiger partial charge in [-0.3, -0.25) is 4.79 Å². The van der Waals surface area contributed by atoms with Crippen LogP contribution in [0.1, 0.15) is 42.3 Å². The van der Waals surface area contributed by atoms with Crippen LogP contribution in [0.15, 0.2) is 53.6 Å². The monoisotopic (exact) mass is 376 g/mol. The van der Waals surface area contributed by atoms with E-state index < -0.39 is 0 Å². The predicted molar refractivity (Wildman–Crippen MR) is 118 cm³/mol. The molecule has 5 heteroatoms. The molecule has 28 heavy (non-hydrogen) atoms. The fraction of sp³-hybridized carbons (Fsp3) is 0.304. The zero-order valence-electron chi connectivity index (χ0n) is 17.4. The second-order valence-electron chi connectivity index (χ2n) is 7.96. The lowest BCUT2D eigenvalue weighted by Gasteiger charge is -2.40. The number of carbonyl (C=O) groups is 1. The van der Waals surface area contributed by atoms with Gasteiger partial charge in [-0.1, -0.05) is 18.2 Å². The Labute approximate surface area is 167 Å². The van der Waals surface area contributed by atoms with E-state index in [1.165, 1.54) is 16.8 Å². The van der Waals surface area contributed by atoms with Crippen LogP contribution in [-0.4, -0.2) is 38.8 Å². The summed E-state index contributed by atoms with van der Waals surface area (Å²) in [6.45, 7) is 6.54. The number of hydrogen-bond donors (Lipinski definition) is 1. The maximum absolute atomic E-state index is 12.3. The SMILES string of the molecule is CC1=CC(C)(C)N(C)c2ccc(/C=N\NC(=O)c3cccc(N(C)C)c3)cc21. The maximum atomic E-state index is 12.3. The van der Waals surface area contributed by atoms with Crippen LogP contribution in [0.3, 0.4) is 0 Å². The van der Waals surface area contributed by atoms with E-state index in [4.69, 9.17) is 0 Å². The number of rotatable bonds is 4. The highest BCUT2D eigenvalue weighted by atomic mass is 16.2. The van der Waals surface area contributed by atoms with Gasteiger partial charge in [0.25, 0.3) is 5.91 Å². The van der Waals surface area contributed by atoms with Crippen molar-refractivity contribution in [1.29, 1.82) is 0 Å². The van der Waals surface area contributed by atoms with Gasteiger partial charge in [-0.2, -0.15) is 5.10 Å². The fourth-order valence-electron chi connectivity index (χ4n) is 3.41. The molecule has 1 N–H and O–H groups in total. The molecule has 0 spiro atoms. The Balaban J connectivity index is 1.75. The molecule has 146 valence electrons. The molecule has 1 heterocycles. The molecule has 2 aromatic carbocycles. The summed E-state index contributed by atoms with van der Waals surface area (Å²) in [6.07, 6.45) is 3.96. The smallest absolute Gasteiger partial charge is 0.271 e. The third kappa shape index (κ3) is 3.93. The normalized spacial score (nSPS) is 15.2. The van der Waals surface area contributed by atoms with Crippen molar-refractivity contribution in [1.82, 2.24) is 5.43 Å². The van der Waals surface area contributed by atoms with Gasteiger partial charge in [-0.15, -0.1) is 0 Å². The van der Waals surface area contributed by atoms with E-state index in [0.29, 0.717) is 5.56 Å². The molecule has 1 aliphatic rings. The van der Waals surface area contributed by atoms with Gasteiger partial charge in [0.1, 0.15) is 0 Å². The van der Waals surface area contributed by atoms with Crippen molar-refractivity contribution in [3.05, 3.63) is 65.2 Å². The molecular formula is C23H28N4O. The molecule has 0 fully saturated rings. The van der Waals surface area contributed by atoms with Crippen LogP contribution in [0.25, 0.3) is 5.57 Å². The summed E-state index contributed by atoms with van der Waals surface area (Å²) in [4.78, 5) is 16.6. The van der Waals surface area contributed by atoms with Crippen LogP contribution >= 0.6 is 0 Å². The number of amides is 1. The molecule has 0 aliphatic carbocycles. The average Bonchev–Trinajstić information content (AvgIpc) is 2.66. The minimum absolute atomic E-state index is 0.0121. The van der Waals surface area contributed by atoms with Crippen LogP contribution in [-0.2, 0) is 0 Å². The Bertz CT molecular complexity index is 957. The van der Waals surface area contributed by atoms with Gasteiger partial charge in [-0.05, 0) is 62.2 Å². The largest absolute Gasteiger partial charge is 0.378 e. The Morgan fingerprint density at radius 2 is 1.93 bits per heavy atom. The van der Waals surface area contributed by atoms with Crippen LogP contribution in [0.5, 0.6) is 0 Å². The van der Waals surface area contributed by atoms with Crippen molar-refractivity contribution in [2.24, 2.45) is 5.10 Å². The van der Waals surface area contributed by atoms with E-state index in [2.05, 4.69) is 61.5 Å². The number of fused-ring (bicyclic) bond motifs is 1. The summed E-state index contributed by atoms with van der Waals surface area (Å²) in [5, 5.41) is 4.14. The molecule has 0 bridgehead atoms. The highest BCUT2D eigenvalue weighted by molar-refractivity contribution is 5.96. The van der Waals surface area contributed by atoms with Gasteiger partial charge in [0, 0.05) is 43.6 Å². The van der Waals surface area contributed by atoms with Crippen LogP contribution in [0, 0.1) is 0 Å². The average molecular weight is 377 g/mol. The molecular weight excluding hydrogens is 348 g/mol.